The topological polar surface area (TPSA) is 179 Å². The highest BCUT2D eigenvalue weighted by atomic mass is 32.1. The molecule has 5 atom stereocenters. The van der Waals surface area contributed by atoms with E-state index in [2.05, 4.69) is 51.2 Å². The van der Waals surface area contributed by atoms with E-state index in [0.29, 0.717) is 12.1 Å². The summed E-state index contributed by atoms with van der Waals surface area (Å²) in [6, 6.07) is -4.19. The van der Waals surface area contributed by atoms with Gasteiger partial charge in [-0.15, -0.1) is 0 Å². The number of carboxylic acids is 1. The summed E-state index contributed by atoms with van der Waals surface area (Å²) in [6.07, 6.45) is 3.71. The number of hydrogen-bond acceptors (Lipinski definition) is 8. The lowest BCUT2D eigenvalue weighted by Crippen LogP contribution is -2.58. The molecule has 0 aliphatic heterocycles. The Morgan fingerprint density at radius 2 is 1.61 bits per heavy atom. The van der Waals surface area contributed by atoms with E-state index in [9.17, 15) is 19.2 Å². The normalized spacial score (nSPS) is 15.8. The van der Waals surface area contributed by atoms with Crippen molar-refractivity contribution < 1.29 is 24.3 Å². The number of nitrogens with one attached hydrogen (secondary N) is 4. The number of amides is 3. The zero-order chi connectivity index (χ0) is 23.6. The lowest BCUT2D eigenvalue weighted by Gasteiger charge is -2.25. The van der Waals surface area contributed by atoms with Crippen LogP contribution in [0.5, 0.6) is 0 Å². The number of aromatic amines is 1. The zero-order valence-corrected chi connectivity index (χ0v) is 19.2. The van der Waals surface area contributed by atoms with Crippen LogP contribution < -0.4 is 21.7 Å². The van der Waals surface area contributed by atoms with Crippen LogP contribution in [-0.4, -0.2) is 74.4 Å². The molecule has 0 aliphatic rings. The fourth-order valence-corrected chi connectivity index (χ4v) is 3.03. The van der Waals surface area contributed by atoms with Gasteiger partial charge in [-0.05, 0) is 5.92 Å². The van der Waals surface area contributed by atoms with Gasteiger partial charge in [0, 0.05) is 29.8 Å². The highest BCUT2D eigenvalue weighted by molar-refractivity contribution is 7.80. The average Bonchev–Trinajstić information content (AvgIpc) is 3.26. The van der Waals surface area contributed by atoms with Crippen molar-refractivity contribution in [2.24, 2.45) is 11.7 Å². The summed E-state index contributed by atoms with van der Waals surface area (Å²) in [5.41, 5.74) is 6.55. The number of carbonyl (C=O) groups excluding carboxylic acids is 3. The summed E-state index contributed by atoms with van der Waals surface area (Å²) in [5, 5.41) is 16.5. The monoisotopic (exact) mass is 474 g/mol. The minimum absolute atomic E-state index is 0.0834. The number of aliphatic carboxylic acids is 1. The van der Waals surface area contributed by atoms with Crippen LogP contribution in [0.1, 0.15) is 26.0 Å². The first-order valence-corrected chi connectivity index (χ1v) is 11.0. The minimum Gasteiger partial charge on any atom is -0.480 e. The van der Waals surface area contributed by atoms with Gasteiger partial charge < -0.3 is 31.8 Å². The quantitative estimate of drug-likeness (QED) is 0.164. The third-order valence-electron chi connectivity index (χ3n) is 4.78. The Bertz CT molecular complexity index is 748. The molecule has 1 heterocycles. The minimum atomic E-state index is -1.25. The molecule has 0 spiro atoms. The molecule has 11 nitrogen and oxygen atoms in total. The number of thiol groups is 2. The number of nitrogens with zero attached hydrogens (tertiary/aromatic N) is 1. The first kappa shape index (κ1) is 26.8. The van der Waals surface area contributed by atoms with Crippen molar-refractivity contribution in [2.75, 3.05) is 11.5 Å². The van der Waals surface area contributed by atoms with Crippen molar-refractivity contribution in [1.82, 2.24) is 25.9 Å². The number of hydrogen-bond donors (Lipinski definition) is 8. The van der Waals surface area contributed by atoms with E-state index in [0.717, 1.165) is 0 Å². The van der Waals surface area contributed by atoms with E-state index in [1.54, 1.807) is 0 Å². The van der Waals surface area contributed by atoms with E-state index >= 15 is 0 Å². The van der Waals surface area contributed by atoms with Gasteiger partial charge in [0.1, 0.15) is 18.1 Å². The van der Waals surface area contributed by atoms with Crippen molar-refractivity contribution in [3.63, 3.8) is 0 Å². The van der Waals surface area contributed by atoms with Gasteiger partial charge in [0.15, 0.2) is 0 Å². The highest BCUT2D eigenvalue weighted by Gasteiger charge is 2.30. The molecule has 5 unspecified atom stereocenters. The predicted octanol–water partition coefficient (Wildman–Crippen LogP) is -1.28. The summed E-state index contributed by atoms with van der Waals surface area (Å²) >= 11 is 7.96. The highest BCUT2D eigenvalue weighted by Crippen LogP contribution is 2.07. The van der Waals surface area contributed by atoms with Crippen LogP contribution in [0, 0.1) is 5.92 Å². The van der Waals surface area contributed by atoms with Crippen molar-refractivity contribution >= 4 is 48.9 Å². The maximum atomic E-state index is 12.9. The van der Waals surface area contributed by atoms with E-state index in [1.165, 1.54) is 12.5 Å². The second-order valence-electron chi connectivity index (χ2n) is 7.08. The Morgan fingerprint density at radius 3 is 2.10 bits per heavy atom. The van der Waals surface area contributed by atoms with Gasteiger partial charge in [0.2, 0.25) is 17.7 Å². The van der Waals surface area contributed by atoms with Gasteiger partial charge in [-0.3, -0.25) is 14.4 Å². The number of rotatable bonds is 13. The zero-order valence-electron chi connectivity index (χ0n) is 17.4. The van der Waals surface area contributed by atoms with Crippen LogP contribution in [0.15, 0.2) is 12.5 Å². The van der Waals surface area contributed by atoms with Crippen molar-refractivity contribution in [3.05, 3.63) is 18.2 Å². The molecule has 3 amide bonds. The van der Waals surface area contributed by atoms with E-state index in [1.807, 2.05) is 13.8 Å². The Kier molecular flexibility index (Phi) is 11.4. The number of nitrogens with two attached hydrogens (primary N) is 1. The molecule has 7 N–H and O–H groups in total. The maximum Gasteiger partial charge on any atom is 0.327 e. The second kappa shape index (κ2) is 13.2. The lowest BCUT2D eigenvalue weighted by atomic mass is 9.98. The summed E-state index contributed by atoms with van der Waals surface area (Å²) in [6.45, 7) is 3.73. The summed E-state index contributed by atoms with van der Waals surface area (Å²) in [7, 11) is 0. The van der Waals surface area contributed by atoms with Crippen LogP contribution >= 0.6 is 25.3 Å². The molecule has 0 bridgehead atoms. The number of imidazole rings is 1. The molecule has 0 saturated heterocycles. The third kappa shape index (κ3) is 8.42. The number of H-pyrrole nitrogens is 1. The predicted molar refractivity (Wildman–Crippen MR) is 121 cm³/mol. The number of carboxylic acid groups (broad SMARTS) is 1. The molecular formula is C18H30N6O5S2. The Balaban J connectivity index is 2.92. The first-order valence-electron chi connectivity index (χ1n) is 9.72. The fraction of sp³-hybridized carbons (Fsp3) is 0.611. The molecule has 13 heteroatoms. The molecular weight excluding hydrogens is 444 g/mol. The summed E-state index contributed by atoms with van der Waals surface area (Å²) in [5.74, 6) is -3.44. The SMILES string of the molecule is CCC(C)C(N)C(=O)NC(Cc1cnc[nH]1)C(=O)NC(CS)C(=O)NC(CS)C(=O)O. The Morgan fingerprint density at radius 1 is 1.06 bits per heavy atom. The summed E-state index contributed by atoms with van der Waals surface area (Å²) in [4.78, 5) is 55.6. The molecule has 0 radical (unpaired) electrons. The number of aromatic nitrogens is 2. The van der Waals surface area contributed by atoms with Gasteiger partial charge in [0.05, 0.1) is 12.4 Å². The van der Waals surface area contributed by atoms with Crippen molar-refractivity contribution in [3.8, 4) is 0 Å². The standard InChI is InChI=1S/C18H30N6O5S2/c1-3-9(2)14(19)17(27)22-11(4-10-5-20-8-21-10)15(25)23-12(6-30)16(26)24-13(7-31)18(28)29/h5,8-9,11-14,30-31H,3-4,6-7,19H2,1-2H3,(H,20,21)(H,22,27)(H,23,25)(H,24,26)(H,28,29). The van der Waals surface area contributed by atoms with Gasteiger partial charge in [-0.25, -0.2) is 9.78 Å². The van der Waals surface area contributed by atoms with Crippen molar-refractivity contribution in [2.45, 2.75) is 50.9 Å². The second-order valence-corrected chi connectivity index (χ2v) is 7.81. The van der Waals surface area contributed by atoms with Gasteiger partial charge in [-0.2, -0.15) is 25.3 Å². The molecule has 0 aliphatic carbocycles. The Hall–Kier alpha value is -2.25. The average molecular weight is 475 g/mol. The van der Waals surface area contributed by atoms with Gasteiger partial charge >= 0.3 is 5.97 Å². The molecule has 1 rings (SSSR count). The van der Waals surface area contributed by atoms with E-state index in [-0.39, 0.29) is 23.8 Å². The molecule has 174 valence electrons. The molecule has 1 aromatic heterocycles. The van der Waals surface area contributed by atoms with E-state index < -0.39 is 47.9 Å². The Labute approximate surface area is 191 Å². The van der Waals surface area contributed by atoms with Crippen LogP contribution in [0.3, 0.4) is 0 Å². The maximum absolute atomic E-state index is 12.9. The molecule has 0 saturated carbocycles. The molecule has 31 heavy (non-hydrogen) atoms. The smallest absolute Gasteiger partial charge is 0.327 e. The van der Waals surface area contributed by atoms with E-state index in [4.69, 9.17) is 10.8 Å². The lowest BCUT2D eigenvalue weighted by molar-refractivity contribution is -0.141. The molecule has 0 fully saturated rings. The van der Waals surface area contributed by atoms with Crippen LogP contribution in [0.2, 0.25) is 0 Å². The molecule has 1 aromatic rings. The van der Waals surface area contributed by atoms with Gasteiger partial charge in [-0.1, -0.05) is 20.3 Å². The number of carbonyl (C=O) groups is 4. The van der Waals surface area contributed by atoms with Gasteiger partial charge in [0.25, 0.3) is 0 Å². The van der Waals surface area contributed by atoms with Crippen LogP contribution in [0.4, 0.5) is 0 Å². The third-order valence-corrected chi connectivity index (χ3v) is 5.51. The summed E-state index contributed by atoms with van der Waals surface area (Å²) < 4.78 is 0. The van der Waals surface area contributed by atoms with Crippen LogP contribution in [0.25, 0.3) is 0 Å². The fourth-order valence-electron chi connectivity index (χ4n) is 2.53. The largest absolute Gasteiger partial charge is 0.480 e. The van der Waals surface area contributed by atoms with Crippen LogP contribution in [-0.2, 0) is 25.6 Å². The van der Waals surface area contributed by atoms with Crippen molar-refractivity contribution in [1.29, 1.82) is 0 Å². The molecule has 0 aromatic carbocycles. The first-order chi connectivity index (χ1) is 14.6.